The molecule has 5 heteroatoms. The summed E-state index contributed by atoms with van der Waals surface area (Å²) in [7, 11) is 0. The molecule has 0 aliphatic rings. The van der Waals surface area contributed by atoms with Crippen molar-refractivity contribution >= 4 is 11.9 Å². The third-order valence-electron chi connectivity index (χ3n) is 3.04. The highest BCUT2D eigenvalue weighted by atomic mass is 16.1. The Morgan fingerprint density at radius 3 is 2.38 bits per heavy atom. The van der Waals surface area contributed by atoms with Crippen LogP contribution in [0.15, 0.2) is 35.3 Å². The predicted molar refractivity (Wildman–Crippen MR) is 87.5 cm³/mol. The van der Waals surface area contributed by atoms with Gasteiger partial charge in [0.25, 0.3) is 0 Å². The van der Waals surface area contributed by atoms with E-state index in [1.165, 1.54) is 5.56 Å². The first-order chi connectivity index (χ1) is 10.2. The Morgan fingerprint density at radius 2 is 1.76 bits per heavy atom. The molecule has 0 aliphatic heterocycles. The molecule has 1 rings (SSSR count). The molecule has 1 atom stereocenters. The van der Waals surface area contributed by atoms with Crippen LogP contribution in [0.25, 0.3) is 0 Å². The number of nitrogens with one attached hydrogen (secondary N) is 3. The van der Waals surface area contributed by atoms with Gasteiger partial charge >= 0.3 is 0 Å². The van der Waals surface area contributed by atoms with Crippen molar-refractivity contribution in [3.8, 4) is 0 Å². The Balaban J connectivity index is 2.50. The summed E-state index contributed by atoms with van der Waals surface area (Å²) in [6.07, 6.45) is 0. The lowest BCUT2D eigenvalue weighted by Crippen LogP contribution is -2.40. The number of carbonyl (C=O) groups is 1. The van der Waals surface area contributed by atoms with Gasteiger partial charge in [0.05, 0.1) is 0 Å². The van der Waals surface area contributed by atoms with Crippen molar-refractivity contribution in [1.82, 2.24) is 16.0 Å². The highest BCUT2D eigenvalue weighted by Gasteiger charge is 2.06. The first kappa shape index (κ1) is 17.0. The number of nitrogens with zero attached hydrogens (tertiary/aromatic N) is 1. The van der Waals surface area contributed by atoms with Gasteiger partial charge in [0.1, 0.15) is 6.54 Å². The molecule has 3 N–H and O–H groups in total. The van der Waals surface area contributed by atoms with Crippen molar-refractivity contribution in [2.45, 2.75) is 26.7 Å². The van der Waals surface area contributed by atoms with Crippen molar-refractivity contribution in [3.63, 3.8) is 0 Å². The number of hydrogen-bond acceptors (Lipinski definition) is 2. The molecular weight excluding hydrogens is 264 g/mol. The molecule has 5 nitrogen and oxygen atoms in total. The lowest BCUT2D eigenvalue weighted by Gasteiger charge is -2.16. The molecule has 0 saturated heterocycles. The van der Waals surface area contributed by atoms with E-state index in [1.54, 1.807) is 0 Å². The van der Waals surface area contributed by atoms with Crippen LogP contribution in [0.2, 0.25) is 0 Å². The number of benzene rings is 1. The monoisotopic (exact) mass is 290 g/mol. The Bertz CT molecular complexity index is 445. The zero-order valence-corrected chi connectivity index (χ0v) is 13.1. The van der Waals surface area contributed by atoms with Crippen LogP contribution in [-0.4, -0.2) is 38.0 Å². The van der Waals surface area contributed by atoms with E-state index in [1.807, 2.05) is 32.0 Å². The molecule has 0 saturated carbocycles. The van der Waals surface area contributed by atoms with E-state index in [-0.39, 0.29) is 12.5 Å². The van der Waals surface area contributed by atoms with E-state index in [4.69, 9.17) is 0 Å². The summed E-state index contributed by atoms with van der Waals surface area (Å²) in [5.74, 6) is 0.983. The minimum absolute atomic E-state index is 0.0641. The maximum atomic E-state index is 11.4. The van der Waals surface area contributed by atoms with Crippen LogP contribution in [0.3, 0.4) is 0 Å². The van der Waals surface area contributed by atoms with Crippen LogP contribution >= 0.6 is 0 Å². The standard InChI is InChI=1S/C16H26N4O/c1-4-17-15(21)12-20-16(18-5-2)19-11-13(3)14-9-7-6-8-10-14/h6-10,13H,4-5,11-12H2,1-3H3,(H,17,21)(H2,18,19,20). The molecule has 21 heavy (non-hydrogen) atoms. The Morgan fingerprint density at radius 1 is 1.10 bits per heavy atom. The van der Waals surface area contributed by atoms with Gasteiger partial charge in [-0.1, -0.05) is 37.3 Å². The predicted octanol–water partition coefficient (Wildman–Crippen LogP) is 1.48. The third-order valence-corrected chi connectivity index (χ3v) is 3.04. The minimum Gasteiger partial charge on any atom is -0.357 e. The molecule has 0 aromatic heterocycles. The molecule has 0 aliphatic carbocycles. The number of carbonyl (C=O) groups excluding carboxylic acids is 1. The number of guanidine groups is 1. The fourth-order valence-corrected chi connectivity index (χ4v) is 1.89. The molecule has 1 aromatic carbocycles. The van der Waals surface area contributed by atoms with Crippen LogP contribution in [0.1, 0.15) is 32.3 Å². The normalized spacial score (nSPS) is 12.6. The quantitative estimate of drug-likeness (QED) is 0.526. The molecule has 1 aromatic rings. The second-order valence-electron chi connectivity index (χ2n) is 4.84. The van der Waals surface area contributed by atoms with Gasteiger partial charge < -0.3 is 16.0 Å². The van der Waals surface area contributed by atoms with Crippen molar-refractivity contribution in [2.24, 2.45) is 4.99 Å². The molecule has 0 heterocycles. The number of rotatable bonds is 7. The molecule has 1 unspecified atom stereocenters. The molecule has 116 valence electrons. The third kappa shape index (κ3) is 6.79. The Hall–Kier alpha value is -2.04. The van der Waals surface area contributed by atoms with E-state index in [0.29, 0.717) is 18.4 Å². The van der Waals surface area contributed by atoms with E-state index in [2.05, 4.69) is 40.0 Å². The van der Waals surface area contributed by atoms with Gasteiger partial charge in [0, 0.05) is 19.6 Å². The van der Waals surface area contributed by atoms with Crippen LogP contribution in [0, 0.1) is 0 Å². The molecule has 0 fully saturated rings. The summed E-state index contributed by atoms with van der Waals surface area (Å²) in [4.78, 5) is 15.7. The van der Waals surface area contributed by atoms with Crippen LogP contribution in [0.4, 0.5) is 0 Å². The van der Waals surface area contributed by atoms with Crippen LogP contribution < -0.4 is 16.0 Å². The number of aliphatic imine (C=N–C) groups is 1. The minimum atomic E-state index is -0.0641. The van der Waals surface area contributed by atoms with E-state index in [9.17, 15) is 4.79 Å². The SMILES string of the molecule is CCNC(=O)CN=C(NCC)NCC(C)c1ccccc1. The maximum absolute atomic E-state index is 11.4. The smallest absolute Gasteiger partial charge is 0.241 e. The lowest BCUT2D eigenvalue weighted by atomic mass is 10.0. The van der Waals surface area contributed by atoms with Crippen molar-refractivity contribution in [2.75, 3.05) is 26.2 Å². The molecule has 1 amide bonds. The van der Waals surface area contributed by atoms with Crippen LogP contribution in [0.5, 0.6) is 0 Å². The summed E-state index contributed by atoms with van der Waals surface area (Å²) >= 11 is 0. The number of hydrogen-bond donors (Lipinski definition) is 3. The zero-order chi connectivity index (χ0) is 15.5. The van der Waals surface area contributed by atoms with Gasteiger partial charge in [0.15, 0.2) is 5.96 Å². The van der Waals surface area contributed by atoms with Crippen molar-refractivity contribution in [1.29, 1.82) is 0 Å². The average molecular weight is 290 g/mol. The highest BCUT2D eigenvalue weighted by molar-refractivity contribution is 5.84. The fourth-order valence-electron chi connectivity index (χ4n) is 1.89. The molecule has 0 bridgehead atoms. The summed E-state index contributed by atoms with van der Waals surface area (Å²) < 4.78 is 0. The summed E-state index contributed by atoms with van der Waals surface area (Å²) in [5.41, 5.74) is 1.28. The average Bonchev–Trinajstić information content (AvgIpc) is 2.51. The summed E-state index contributed by atoms with van der Waals surface area (Å²) in [5, 5.41) is 9.15. The van der Waals surface area contributed by atoms with Crippen molar-refractivity contribution in [3.05, 3.63) is 35.9 Å². The highest BCUT2D eigenvalue weighted by Crippen LogP contribution is 2.12. The fraction of sp³-hybridized carbons (Fsp3) is 0.500. The maximum Gasteiger partial charge on any atom is 0.241 e. The first-order valence-electron chi connectivity index (χ1n) is 7.51. The van der Waals surface area contributed by atoms with Gasteiger partial charge in [-0.2, -0.15) is 0 Å². The second kappa shape index (κ2) is 9.80. The van der Waals surface area contributed by atoms with E-state index in [0.717, 1.165) is 13.1 Å². The molecular formula is C16H26N4O. The van der Waals surface area contributed by atoms with Gasteiger partial charge in [-0.05, 0) is 25.3 Å². The Kier molecular flexibility index (Phi) is 7.94. The molecule has 0 radical (unpaired) electrons. The Labute approximate surface area is 127 Å². The van der Waals surface area contributed by atoms with Gasteiger partial charge in [0.2, 0.25) is 5.91 Å². The van der Waals surface area contributed by atoms with E-state index < -0.39 is 0 Å². The largest absolute Gasteiger partial charge is 0.357 e. The first-order valence-corrected chi connectivity index (χ1v) is 7.51. The number of likely N-dealkylation sites (N-methyl/N-ethyl adjacent to an activating group) is 1. The lowest BCUT2D eigenvalue weighted by molar-refractivity contribution is -0.119. The van der Waals surface area contributed by atoms with Gasteiger partial charge in [-0.25, -0.2) is 4.99 Å². The van der Waals surface area contributed by atoms with E-state index >= 15 is 0 Å². The summed E-state index contributed by atoms with van der Waals surface area (Å²) in [6.45, 7) is 8.37. The molecule has 0 spiro atoms. The zero-order valence-electron chi connectivity index (χ0n) is 13.1. The van der Waals surface area contributed by atoms with Crippen LogP contribution in [-0.2, 0) is 4.79 Å². The second-order valence-corrected chi connectivity index (χ2v) is 4.84. The summed E-state index contributed by atoms with van der Waals surface area (Å²) in [6, 6.07) is 10.3. The van der Waals surface area contributed by atoms with Crippen molar-refractivity contribution < 1.29 is 4.79 Å². The topological polar surface area (TPSA) is 65.5 Å². The van der Waals surface area contributed by atoms with Gasteiger partial charge in [-0.3, -0.25) is 4.79 Å². The van der Waals surface area contributed by atoms with Gasteiger partial charge in [-0.15, -0.1) is 0 Å². The number of amides is 1.